The zero-order chi connectivity index (χ0) is 15.7. The van der Waals surface area contributed by atoms with E-state index in [2.05, 4.69) is 24.1 Å². The van der Waals surface area contributed by atoms with Gasteiger partial charge in [-0.15, -0.1) is 11.8 Å². The van der Waals surface area contributed by atoms with Crippen LogP contribution < -0.4 is 11.1 Å². The summed E-state index contributed by atoms with van der Waals surface area (Å²) in [6.45, 7) is 8.91. The van der Waals surface area contributed by atoms with Crippen molar-refractivity contribution in [3.8, 4) is 0 Å². The number of carbonyl (C=O) groups excluding carboxylic acids is 2. The molecule has 1 aliphatic heterocycles. The van der Waals surface area contributed by atoms with Crippen LogP contribution in [0.2, 0.25) is 0 Å². The van der Waals surface area contributed by atoms with Gasteiger partial charge in [-0.05, 0) is 37.6 Å². The summed E-state index contributed by atoms with van der Waals surface area (Å²) >= 11 is 1.26. The van der Waals surface area contributed by atoms with Crippen molar-refractivity contribution in [3.05, 3.63) is 0 Å². The highest BCUT2D eigenvalue weighted by Crippen LogP contribution is 2.20. The minimum absolute atomic E-state index is 0.0125. The summed E-state index contributed by atoms with van der Waals surface area (Å²) in [5.41, 5.74) is 5.01. The Morgan fingerprint density at radius 1 is 1.19 bits per heavy atom. The molecular formula is C15H29N3O2S. The Bertz CT molecular complexity index is 329. The molecule has 1 aliphatic rings. The van der Waals surface area contributed by atoms with Crippen LogP contribution in [0.4, 0.5) is 0 Å². The van der Waals surface area contributed by atoms with E-state index >= 15 is 0 Å². The van der Waals surface area contributed by atoms with E-state index in [0.717, 1.165) is 37.8 Å². The minimum atomic E-state index is -0.377. The van der Waals surface area contributed by atoms with Crippen molar-refractivity contribution in [1.29, 1.82) is 0 Å². The molecule has 2 amide bonds. The number of unbranched alkanes of at least 4 members (excludes halogenated alkanes) is 1. The summed E-state index contributed by atoms with van der Waals surface area (Å²) in [6, 6.07) is 0. The van der Waals surface area contributed by atoms with Gasteiger partial charge in [0, 0.05) is 19.6 Å². The maximum atomic E-state index is 11.5. The van der Waals surface area contributed by atoms with Gasteiger partial charge >= 0.3 is 0 Å². The van der Waals surface area contributed by atoms with E-state index in [0.29, 0.717) is 5.75 Å². The maximum absolute atomic E-state index is 11.5. The lowest BCUT2D eigenvalue weighted by Crippen LogP contribution is -2.39. The topological polar surface area (TPSA) is 75.4 Å². The third-order valence-electron chi connectivity index (χ3n) is 3.65. The SMILES string of the molecule is CC1CC(C)CN(CCCCNC(=O)CSCC(N)=O)C1. The zero-order valence-electron chi connectivity index (χ0n) is 13.3. The molecule has 0 aromatic carbocycles. The van der Waals surface area contributed by atoms with Crippen molar-refractivity contribution < 1.29 is 9.59 Å². The number of thioether (sulfide) groups is 1. The van der Waals surface area contributed by atoms with Crippen LogP contribution >= 0.6 is 11.8 Å². The van der Waals surface area contributed by atoms with Crippen LogP contribution in [0.15, 0.2) is 0 Å². The average Bonchev–Trinajstić information content (AvgIpc) is 2.36. The molecule has 1 rings (SSSR count). The Morgan fingerprint density at radius 3 is 2.48 bits per heavy atom. The van der Waals surface area contributed by atoms with Crippen molar-refractivity contribution in [1.82, 2.24) is 10.2 Å². The number of nitrogens with two attached hydrogens (primary N) is 1. The number of nitrogens with zero attached hydrogens (tertiary/aromatic N) is 1. The van der Waals surface area contributed by atoms with E-state index in [4.69, 9.17) is 5.73 Å². The first-order valence-electron chi connectivity index (χ1n) is 7.82. The summed E-state index contributed by atoms with van der Waals surface area (Å²) < 4.78 is 0. The van der Waals surface area contributed by atoms with Crippen LogP contribution in [0.3, 0.4) is 0 Å². The standard InChI is InChI=1S/C15H29N3O2S/c1-12-7-13(2)9-18(8-12)6-4-3-5-17-15(20)11-21-10-14(16)19/h12-13H,3-11H2,1-2H3,(H2,16,19)(H,17,20). The predicted octanol–water partition coefficient (Wildman–Crippen LogP) is 1.08. The molecule has 3 N–H and O–H groups in total. The highest BCUT2D eigenvalue weighted by atomic mass is 32.2. The van der Waals surface area contributed by atoms with Gasteiger partial charge in [0.25, 0.3) is 0 Å². The highest BCUT2D eigenvalue weighted by molar-refractivity contribution is 8.00. The van der Waals surface area contributed by atoms with Crippen molar-refractivity contribution in [3.63, 3.8) is 0 Å². The number of nitrogens with one attached hydrogen (secondary N) is 1. The molecule has 21 heavy (non-hydrogen) atoms. The molecule has 0 spiro atoms. The lowest BCUT2D eigenvalue weighted by molar-refractivity contribution is -0.118. The number of carbonyl (C=O) groups is 2. The van der Waals surface area contributed by atoms with Crippen molar-refractivity contribution in [2.24, 2.45) is 17.6 Å². The van der Waals surface area contributed by atoms with Gasteiger partial charge < -0.3 is 16.0 Å². The largest absolute Gasteiger partial charge is 0.369 e. The van der Waals surface area contributed by atoms with Gasteiger partial charge in [0.2, 0.25) is 11.8 Å². The van der Waals surface area contributed by atoms with E-state index < -0.39 is 0 Å². The lowest BCUT2D eigenvalue weighted by atomic mass is 9.92. The van der Waals surface area contributed by atoms with Gasteiger partial charge in [0.1, 0.15) is 0 Å². The van der Waals surface area contributed by atoms with Gasteiger partial charge in [0.15, 0.2) is 0 Å². The van der Waals surface area contributed by atoms with Crippen LogP contribution in [-0.2, 0) is 9.59 Å². The van der Waals surface area contributed by atoms with Crippen molar-refractivity contribution >= 4 is 23.6 Å². The minimum Gasteiger partial charge on any atom is -0.369 e. The number of hydrogen-bond donors (Lipinski definition) is 2. The average molecular weight is 315 g/mol. The lowest BCUT2D eigenvalue weighted by Gasteiger charge is -2.34. The van der Waals surface area contributed by atoms with Gasteiger partial charge in [-0.3, -0.25) is 9.59 Å². The third-order valence-corrected chi connectivity index (χ3v) is 4.60. The van der Waals surface area contributed by atoms with Crippen LogP contribution in [0.25, 0.3) is 0 Å². The second-order valence-electron chi connectivity index (χ2n) is 6.22. The second-order valence-corrected chi connectivity index (χ2v) is 7.21. The summed E-state index contributed by atoms with van der Waals surface area (Å²) in [7, 11) is 0. The first-order valence-corrected chi connectivity index (χ1v) is 8.98. The summed E-state index contributed by atoms with van der Waals surface area (Å²) in [6.07, 6.45) is 3.47. The molecule has 6 heteroatoms. The molecule has 5 nitrogen and oxygen atoms in total. The molecule has 0 bridgehead atoms. The van der Waals surface area contributed by atoms with Crippen LogP contribution in [0.1, 0.15) is 33.1 Å². The van der Waals surface area contributed by atoms with Gasteiger partial charge in [-0.2, -0.15) is 0 Å². The van der Waals surface area contributed by atoms with Crippen molar-refractivity contribution in [2.75, 3.05) is 37.7 Å². The molecule has 1 saturated heterocycles. The Kier molecular flexibility index (Phi) is 8.76. The molecule has 0 aliphatic carbocycles. The molecule has 2 unspecified atom stereocenters. The van der Waals surface area contributed by atoms with E-state index in [-0.39, 0.29) is 17.6 Å². The van der Waals surface area contributed by atoms with Crippen LogP contribution in [-0.4, -0.2) is 54.4 Å². The van der Waals surface area contributed by atoms with Crippen LogP contribution in [0.5, 0.6) is 0 Å². The summed E-state index contributed by atoms with van der Waals surface area (Å²) in [4.78, 5) is 24.6. The smallest absolute Gasteiger partial charge is 0.230 e. The number of likely N-dealkylation sites (tertiary alicyclic amines) is 1. The van der Waals surface area contributed by atoms with E-state index in [1.807, 2.05) is 0 Å². The predicted molar refractivity (Wildman–Crippen MR) is 88.1 cm³/mol. The summed E-state index contributed by atoms with van der Waals surface area (Å²) in [5, 5.41) is 2.88. The zero-order valence-corrected chi connectivity index (χ0v) is 14.1. The van der Waals surface area contributed by atoms with E-state index in [9.17, 15) is 9.59 Å². The Hall–Kier alpha value is -0.750. The quantitative estimate of drug-likeness (QED) is 0.624. The molecule has 1 fully saturated rings. The number of amides is 2. The Labute approximate surface area is 132 Å². The molecule has 1 heterocycles. The monoisotopic (exact) mass is 315 g/mol. The fourth-order valence-corrected chi connectivity index (χ4v) is 3.55. The highest BCUT2D eigenvalue weighted by Gasteiger charge is 2.20. The summed E-state index contributed by atoms with van der Waals surface area (Å²) in [5.74, 6) is 1.73. The normalized spacial score (nSPS) is 23.0. The van der Waals surface area contributed by atoms with Gasteiger partial charge in [-0.25, -0.2) is 0 Å². The van der Waals surface area contributed by atoms with E-state index in [1.165, 1.54) is 31.3 Å². The molecule has 0 radical (unpaired) electrons. The Balaban J connectivity index is 1.99. The second kappa shape index (κ2) is 10.1. The molecule has 0 aromatic heterocycles. The van der Waals surface area contributed by atoms with Crippen molar-refractivity contribution in [2.45, 2.75) is 33.1 Å². The number of primary amides is 1. The number of rotatable bonds is 9. The van der Waals surface area contributed by atoms with E-state index in [1.54, 1.807) is 0 Å². The first-order chi connectivity index (χ1) is 9.97. The number of piperidine rings is 1. The first kappa shape index (κ1) is 18.3. The third kappa shape index (κ3) is 8.98. The fourth-order valence-electron chi connectivity index (χ4n) is 2.96. The Morgan fingerprint density at radius 2 is 1.86 bits per heavy atom. The molecule has 0 saturated carbocycles. The molecule has 2 atom stereocenters. The van der Waals surface area contributed by atoms with Gasteiger partial charge in [0.05, 0.1) is 11.5 Å². The maximum Gasteiger partial charge on any atom is 0.230 e. The molecule has 0 aromatic rings. The van der Waals surface area contributed by atoms with Crippen LogP contribution in [0, 0.1) is 11.8 Å². The van der Waals surface area contributed by atoms with Gasteiger partial charge in [-0.1, -0.05) is 13.8 Å². The molecular weight excluding hydrogens is 286 g/mol. The molecule has 122 valence electrons. The fraction of sp³-hybridized carbons (Fsp3) is 0.867. The number of hydrogen-bond acceptors (Lipinski definition) is 4.